The lowest BCUT2D eigenvalue weighted by atomic mass is 9.86. The molecule has 0 heterocycles. The van der Waals surface area contributed by atoms with E-state index in [4.69, 9.17) is 10.5 Å². The van der Waals surface area contributed by atoms with E-state index in [2.05, 4.69) is 19.9 Å². The number of aryl methyl sites for hydroxylation is 2. The van der Waals surface area contributed by atoms with Gasteiger partial charge in [0.05, 0.1) is 6.10 Å². The molecule has 0 unspecified atom stereocenters. The Morgan fingerprint density at radius 2 is 1.78 bits per heavy atom. The van der Waals surface area contributed by atoms with Gasteiger partial charge in [0.2, 0.25) is 0 Å². The first-order chi connectivity index (χ1) is 8.60. The van der Waals surface area contributed by atoms with Gasteiger partial charge in [0.1, 0.15) is 5.75 Å². The Morgan fingerprint density at radius 1 is 1.11 bits per heavy atom. The molecule has 2 nitrogen and oxygen atoms in total. The van der Waals surface area contributed by atoms with Crippen LogP contribution in [0.5, 0.6) is 5.75 Å². The molecule has 18 heavy (non-hydrogen) atoms. The average Bonchev–Trinajstić information content (AvgIpc) is 2.37. The Labute approximate surface area is 111 Å². The second kappa shape index (κ2) is 5.64. The Kier molecular flexibility index (Phi) is 4.15. The van der Waals surface area contributed by atoms with Crippen LogP contribution in [0.15, 0.2) is 12.1 Å². The monoisotopic (exact) mass is 247 g/mol. The summed E-state index contributed by atoms with van der Waals surface area (Å²) in [4.78, 5) is 0. The lowest BCUT2D eigenvalue weighted by molar-refractivity contribution is 0.129. The number of ether oxygens (including phenoxy) is 1. The van der Waals surface area contributed by atoms with E-state index in [0.29, 0.717) is 6.10 Å². The van der Waals surface area contributed by atoms with Gasteiger partial charge in [-0.05, 0) is 68.7 Å². The van der Waals surface area contributed by atoms with Crippen LogP contribution < -0.4 is 10.5 Å². The number of hydrogen-bond donors (Lipinski definition) is 1. The second-order valence-electron chi connectivity index (χ2n) is 5.64. The van der Waals surface area contributed by atoms with Crippen LogP contribution in [0.3, 0.4) is 0 Å². The molecule has 2 N–H and O–H groups in total. The molecule has 0 aliphatic heterocycles. The quantitative estimate of drug-likeness (QED) is 0.811. The summed E-state index contributed by atoms with van der Waals surface area (Å²) in [6.45, 7) is 6.40. The molecule has 0 radical (unpaired) electrons. The van der Waals surface area contributed by atoms with Crippen molar-refractivity contribution in [2.24, 2.45) is 5.92 Å². The molecule has 2 rings (SSSR count). The molecule has 2 heteroatoms. The average molecular weight is 247 g/mol. The Hall–Kier alpha value is -1.18. The van der Waals surface area contributed by atoms with Crippen LogP contribution in [-0.2, 0) is 0 Å². The molecule has 0 spiro atoms. The summed E-state index contributed by atoms with van der Waals surface area (Å²) in [7, 11) is 0. The van der Waals surface area contributed by atoms with Crippen molar-refractivity contribution < 1.29 is 4.74 Å². The summed E-state index contributed by atoms with van der Waals surface area (Å²) in [6, 6.07) is 4.10. The van der Waals surface area contributed by atoms with Crippen LogP contribution in [0.25, 0.3) is 0 Å². The minimum atomic E-state index is 0.398. The molecule has 1 aliphatic carbocycles. The zero-order valence-corrected chi connectivity index (χ0v) is 11.8. The van der Waals surface area contributed by atoms with Crippen molar-refractivity contribution in [1.29, 1.82) is 0 Å². The van der Waals surface area contributed by atoms with E-state index in [1.807, 2.05) is 13.0 Å². The molecule has 0 amide bonds. The fourth-order valence-corrected chi connectivity index (χ4v) is 2.78. The van der Waals surface area contributed by atoms with Gasteiger partial charge in [0.25, 0.3) is 0 Å². The standard InChI is InChI=1S/C16H25NO/c1-4-13-5-7-14(8-6-13)18-16-10-11(2)15(17)9-12(16)3/h9-10,13-14H,4-8,17H2,1-3H3. The van der Waals surface area contributed by atoms with Crippen LogP contribution in [0.1, 0.15) is 50.2 Å². The van der Waals surface area contributed by atoms with Gasteiger partial charge in [0, 0.05) is 5.69 Å². The van der Waals surface area contributed by atoms with Crippen LogP contribution in [0.2, 0.25) is 0 Å². The van der Waals surface area contributed by atoms with Crippen LogP contribution in [-0.4, -0.2) is 6.10 Å². The van der Waals surface area contributed by atoms with Crippen LogP contribution >= 0.6 is 0 Å². The number of hydrogen-bond acceptors (Lipinski definition) is 2. The normalized spacial score (nSPS) is 23.9. The summed E-state index contributed by atoms with van der Waals surface area (Å²) in [5.74, 6) is 1.93. The third-order valence-electron chi connectivity index (χ3n) is 4.23. The molecule has 1 saturated carbocycles. The molecule has 1 fully saturated rings. The molecule has 1 aromatic rings. The molecule has 100 valence electrons. The van der Waals surface area contributed by atoms with E-state index >= 15 is 0 Å². The lowest BCUT2D eigenvalue weighted by Gasteiger charge is -2.29. The van der Waals surface area contributed by atoms with Gasteiger partial charge in [-0.1, -0.05) is 13.3 Å². The molecule has 0 atom stereocenters. The summed E-state index contributed by atoms with van der Waals surface area (Å²) < 4.78 is 6.16. The Morgan fingerprint density at radius 3 is 2.39 bits per heavy atom. The van der Waals surface area contributed by atoms with E-state index in [-0.39, 0.29) is 0 Å². The van der Waals surface area contributed by atoms with Crippen LogP contribution in [0, 0.1) is 19.8 Å². The maximum absolute atomic E-state index is 6.16. The van der Waals surface area contributed by atoms with Crippen LogP contribution in [0.4, 0.5) is 5.69 Å². The van der Waals surface area contributed by atoms with E-state index in [0.717, 1.165) is 28.5 Å². The molecule has 0 aromatic heterocycles. The third-order valence-corrected chi connectivity index (χ3v) is 4.23. The first kappa shape index (κ1) is 13.3. The highest BCUT2D eigenvalue weighted by molar-refractivity contribution is 5.53. The summed E-state index contributed by atoms with van der Waals surface area (Å²) >= 11 is 0. The highest BCUT2D eigenvalue weighted by Crippen LogP contribution is 2.31. The largest absolute Gasteiger partial charge is 0.490 e. The van der Waals surface area contributed by atoms with Gasteiger partial charge >= 0.3 is 0 Å². The smallest absolute Gasteiger partial charge is 0.123 e. The van der Waals surface area contributed by atoms with Gasteiger partial charge in [0.15, 0.2) is 0 Å². The van der Waals surface area contributed by atoms with Crippen molar-refractivity contribution in [1.82, 2.24) is 0 Å². The van der Waals surface area contributed by atoms with Crippen molar-refractivity contribution in [3.05, 3.63) is 23.3 Å². The number of nitrogens with two attached hydrogens (primary N) is 1. The lowest BCUT2D eigenvalue weighted by Crippen LogP contribution is -2.24. The zero-order chi connectivity index (χ0) is 13.1. The second-order valence-corrected chi connectivity index (χ2v) is 5.64. The Bertz CT molecular complexity index is 406. The predicted octanol–water partition coefficient (Wildman–Crippen LogP) is 4.23. The van der Waals surface area contributed by atoms with Gasteiger partial charge in [-0.3, -0.25) is 0 Å². The minimum Gasteiger partial charge on any atom is -0.490 e. The first-order valence-electron chi connectivity index (χ1n) is 7.13. The van der Waals surface area contributed by atoms with E-state index in [1.54, 1.807) is 0 Å². The Balaban J connectivity index is 2.00. The van der Waals surface area contributed by atoms with Crippen molar-refractivity contribution in [3.63, 3.8) is 0 Å². The SMILES string of the molecule is CCC1CCC(Oc2cc(C)c(N)cc2C)CC1. The van der Waals surface area contributed by atoms with Crippen molar-refractivity contribution in [2.45, 2.75) is 59.0 Å². The molecule has 1 aliphatic rings. The highest BCUT2D eigenvalue weighted by Gasteiger charge is 2.21. The first-order valence-corrected chi connectivity index (χ1v) is 7.13. The zero-order valence-electron chi connectivity index (χ0n) is 11.8. The van der Waals surface area contributed by atoms with Crippen molar-refractivity contribution in [2.75, 3.05) is 5.73 Å². The van der Waals surface area contributed by atoms with Gasteiger partial charge < -0.3 is 10.5 Å². The molecule has 0 saturated heterocycles. The van der Waals surface area contributed by atoms with E-state index < -0.39 is 0 Å². The minimum absolute atomic E-state index is 0.398. The third kappa shape index (κ3) is 2.98. The van der Waals surface area contributed by atoms with Crippen molar-refractivity contribution >= 4 is 5.69 Å². The number of anilines is 1. The number of nitrogen functional groups attached to an aromatic ring is 1. The number of benzene rings is 1. The number of rotatable bonds is 3. The maximum atomic E-state index is 6.16. The van der Waals surface area contributed by atoms with Gasteiger partial charge in [-0.2, -0.15) is 0 Å². The molecular weight excluding hydrogens is 222 g/mol. The topological polar surface area (TPSA) is 35.2 Å². The molecule has 0 bridgehead atoms. The van der Waals surface area contributed by atoms with Gasteiger partial charge in [-0.25, -0.2) is 0 Å². The summed E-state index contributed by atoms with van der Waals surface area (Å²) in [5, 5.41) is 0. The molecular formula is C16H25NO. The fraction of sp³-hybridized carbons (Fsp3) is 0.625. The maximum Gasteiger partial charge on any atom is 0.123 e. The van der Waals surface area contributed by atoms with Crippen molar-refractivity contribution in [3.8, 4) is 5.75 Å². The predicted molar refractivity (Wildman–Crippen MR) is 77.0 cm³/mol. The summed E-state index contributed by atoms with van der Waals surface area (Å²) in [6.07, 6.45) is 6.73. The van der Waals surface area contributed by atoms with Gasteiger partial charge in [-0.15, -0.1) is 0 Å². The highest BCUT2D eigenvalue weighted by atomic mass is 16.5. The van der Waals surface area contributed by atoms with E-state index in [1.165, 1.54) is 32.1 Å². The molecule has 1 aromatic carbocycles. The summed E-state index contributed by atoms with van der Waals surface area (Å²) in [5.41, 5.74) is 9.02. The fourth-order valence-electron chi connectivity index (χ4n) is 2.78. The van der Waals surface area contributed by atoms with E-state index in [9.17, 15) is 0 Å².